The average molecular weight is 350 g/mol. The normalized spacial score (nSPS) is 17.1. The van der Waals surface area contributed by atoms with Gasteiger partial charge in [-0.3, -0.25) is 0 Å². The molecule has 7 nitrogen and oxygen atoms in total. The van der Waals surface area contributed by atoms with Crippen LogP contribution in [0.1, 0.15) is 31.6 Å². The van der Waals surface area contributed by atoms with Crippen molar-refractivity contribution in [1.82, 2.24) is 19.1 Å². The van der Waals surface area contributed by atoms with E-state index in [9.17, 15) is 8.42 Å². The van der Waals surface area contributed by atoms with Crippen molar-refractivity contribution < 1.29 is 13.2 Å². The van der Waals surface area contributed by atoms with Gasteiger partial charge in [-0.15, -0.1) is 10.2 Å². The molecule has 0 spiro atoms. The third kappa shape index (κ3) is 3.16. The van der Waals surface area contributed by atoms with Crippen LogP contribution >= 0.6 is 0 Å². The molecule has 2 heterocycles. The van der Waals surface area contributed by atoms with Gasteiger partial charge < -0.3 is 9.30 Å². The molecule has 1 aliphatic heterocycles. The molecular weight excluding hydrogens is 328 g/mol. The summed E-state index contributed by atoms with van der Waals surface area (Å²) in [5.41, 5.74) is 0. The predicted octanol–water partition coefficient (Wildman–Crippen LogP) is 1.87. The number of ether oxygens (including phenoxy) is 1. The fraction of sp³-hybridized carbons (Fsp3) is 0.500. The van der Waals surface area contributed by atoms with Gasteiger partial charge in [0.15, 0.2) is 0 Å². The van der Waals surface area contributed by atoms with Gasteiger partial charge in [0, 0.05) is 31.6 Å². The molecule has 130 valence electrons. The molecule has 0 bridgehead atoms. The first-order chi connectivity index (χ1) is 11.6. The fourth-order valence-corrected chi connectivity index (χ4v) is 4.60. The Morgan fingerprint density at radius 1 is 1.29 bits per heavy atom. The third-order valence-corrected chi connectivity index (χ3v) is 6.35. The second-order valence-corrected chi connectivity index (χ2v) is 7.76. The lowest BCUT2D eigenvalue weighted by Crippen LogP contribution is -2.39. The minimum Gasteiger partial charge on any atom is -0.497 e. The highest BCUT2D eigenvalue weighted by molar-refractivity contribution is 7.89. The summed E-state index contributed by atoms with van der Waals surface area (Å²) in [5.74, 6) is 1.49. The zero-order chi connectivity index (χ0) is 17.2. The molecule has 3 rings (SSSR count). The Morgan fingerprint density at radius 3 is 2.71 bits per heavy atom. The first-order valence-electron chi connectivity index (χ1n) is 8.09. The summed E-state index contributed by atoms with van der Waals surface area (Å²) in [6.07, 6.45) is 4.08. The smallest absolute Gasteiger partial charge is 0.243 e. The Kier molecular flexibility index (Phi) is 4.86. The Balaban J connectivity index is 1.73. The second-order valence-electron chi connectivity index (χ2n) is 5.82. The molecule has 24 heavy (non-hydrogen) atoms. The number of aromatic nitrogens is 3. The van der Waals surface area contributed by atoms with Gasteiger partial charge in [-0.25, -0.2) is 8.42 Å². The number of aryl methyl sites for hydroxylation is 1. The monoisotopic (exact) mass is 350 g/mol. The van der Waals surface area contributed by atoms with Crippen LogP contribution in [0.3, 0.4) is 0 Å². The van der Waals surface area contributed by atoms with Crippen LogP contribution in [0.15, 0.2) is 35.5 Å². The van der Waals surface area contributed by atoms with Crippen molar-refractivity contribution in [2.75, 3.05) is 20.2 Å². The summed E-state index contributed by atoms with van der Waals surface area (Å²) in [5, 5.41) is 8.08. The minimum absolute atomic E-state index is 0.256. The predicted molar refractivity (Wildman–Crippen MR) is 89.4 cm³/mol. The van der Waals surface area contributed by atoms with Gasteiger partial charge in [-0.2, -0.15) is 4.31 Å². The van der Waals surface area contributed by atoms with Crippen molar-refractivity contribution in [1.29, 1.82) is 0 Å². The van der Waals surface area contributed by atoms with Gasteiger partial charge in [0.25, 0.3) is 0 Å². The summed E-state index contributed by atoms with van der Waals surface area (Å²) < 4.78 is 34.4. The number of benzene rings is 1. The van der Waals surface area contributed by atoms with Crippen LogP contribution < -0.4 is 4.74 Å². The zero-order valence-corrected chi connectivity index (χ0v) is 14.7. The molecule has 0 aliphatic carbocycles. The molecule has 0 unspecified atom stereocenters. The van der Waals surface area contributed by atoms with Gasteiger partial charge in [0.05, 0.1) is 12.0 Å². The first-order valence-corrected chi connectivity index (χ1v) is 9.53. The summed E-state index contributed by atoms with van der Waals surface area (Å²) in [4.78, 5) is 0.277. The number of hydrogen-bond acceptors (Lipinski definition) is 5. The molecule has 8 heteroatoms. The van der Waals surface area contributed by atoms with Crippen molar-refractivity contribution in [2.24, 2.45) is 0 Å². The third-order valence-electron chi connectivity index (χ3n) is 4.46. The number of nitrogens with zero attached hydrogens (tertiary/aromatic N) is 4. The molecule has 0 N–H and O–H groups in total. The average Bonchev–Trinajstić information content (AvgIpc) is 3.10. The van der Waals surface area contributed by atoms with E-state index in [0.29, 0.717) is 18.8 Å². The van der Waals surface area contributed by atoms with E-state index in [1.54, 1.807) is 34.9 Å². The number of rotatable bonds is 5. The quantitative estimate of drug-likeness (QED) is 0.823. The maximum atomic E-state index is 12.8. The molecule has 1 aromatic carbocycles. The van der Waals surface area contributed by atoms with Gasteiger partial charge in [-0.1, -0.05) is 13.0 Å². The summed E-state index contributed by atoms with van der Waals surface area (Å²) in [6.45, 7) is 3.03. The van der Waals surface area contributed by atoms with E-state index in [1.165, 1.54) is 7.11 Å². The lowest BCUT2D eigenvalue weighted by Gasteiger charge is -2.32. The number of hydrogen-bond donors (Lipinski definition) is 0. The van der Waals surface area contributed by atoms with Crippen molar-refractivity contribution >= 4 is 10.0 Å². The molecular formula is C16H22N4O3S. The van der Waals surface area contributed by atoms with E-state index < -0.39 is 10.0 Å². The van der Waals surface area contributed by atoms with Crippen molar-refractivity contribution in [2.45, 2.75) is 37.1 Å². The number of methoxy groups -OCH3 is 1. The molecule has 0 radical (unpaired) electrons. The van der Waals surface area contributed by atoms with Crippen LogP contribution in [0.25, 0.3) is 0 Å². The topological polar surface area (TPSA) is 77.3 Å². The van der Waals surface area contributed by atoms with Crippen LogP contribution in [0.4, 0.5) is 0 Å². The maximum Gasteiger partial charge on any atom is 0.243 e. The first kappa shape index (κ1) is 16.9. The van der Waals surface area contributed by atoms with E-state index >= 15 is 0 Å². The van der Waals surface area contributed by atoms with E-state index in [4.69, 9.17) is 4.74 Å². The van der Waals surface area contributed by atoms with Gasteiger partial charge >= 0.3 is 0 Å². The SMILES string of the molecule is CCc1nncn1C1CCN(S(=O)(=O)c2cccc(OC)c2)CC1. The molecule has 1 fully saturated rings. The largest absolute Gasteiger partial charge is 0.497 e. The summed E-state index contributed by atoms with van der Waals surface area (Å²) in [7, 11) is -1.96. The number of piperidine rings is 1. The fourth-order valence-electron chi connectivity index (χ4n) is 3.10. The Morgan fingerprint density at radius 2 is 2.04 bits per heavy atom. The molecule has 1 aromatic heterocycles. The highest BCUT2D eigenvalue weighted by Gasteiger charge is 2.30. The molecule has 1 saturated heterocycles. The van der Waals surface area contributed by atoms with Crippen molar-refractivity contribution in [3.63, 3.8) is 0 Å². The zero-order valence-electron chi connectivity index (χ0n) is 13.9. The van der Waals surface area contributed by atoms with Crippen LogP contribution in [0.5, 0.6) is 5.75 Å². The Labute approximate surface area is 142 Å². The van der Waals surface area contributed by atoms with Gasteiger partial charge in [0.1, 0.15) is 17.9 Å². The maximum absolute atomic E-state index is 12.8. The molecule has 1 aliphatic rings. The lowest BCUT2D eigenvalue weighted by atomic mass is 10.1. The Bertz CT molecular complexity index is 795. The second kappa shape index (κ2) is 6.90. The van der Waals surface area contributed by atoms with Gasteiger partial charge in [0.2, 0.25) is 10.0 Å². The van der Waals surface area contributed by atoms with E-state index in [1.807, 2.05) is 6.92 Å². The lowest BCUT2D eigenvalue weighted by molar-refractivity contribution is 0.270. The van der Waals surface area contributed by atoms with Crippen LogP contribution in [-0.2, 0) is 16.4 Å². The van der Waals surface area contributed by atoms with Crippen LogP contribution in [0, 0.1) is 0 Å². The Hall–Kier alpha value is -1.93. The number of sulfonamides is 1. The molecule has 0 saturated carbocycles. The van der Waals surface area contributed by atoms with Gasteiger partial charge in [-0.05, 0) is 25.0 Å². The molecule has 0 amide bonds. The molecule has 2 aromatic rings. The van der Waals surface area contributed by atoms with Crippen molar-refractivity contribution in [3.8, 4) is 5.75 Å². The summed E-state index contributed by atoms with van der Waals surface area (Å²) in [6, 6.07) is 6.87. The van der Waals surface area contributed by atoms with Crippen molar-refractivity contribution in [3.05, 3.63) is 36.4 Å². The van der Waals surface area contributed by atoms with Crippen LogP contribution in [-0.4, -0.2) is 47.7 Å². The standard InChI is InChI=1S/C16H22N4O3S/c1-3-16-18-17-12-20(16)13-7-9-19(10-8-13)24(21,22)15-6-4-5-14(11-15)23-2/h4-6,11-13H,3,7-10H2,1-2H3. The highest BCUT2D eigenvalue weighted by atomic mass is 32.2. The highest BCUT2D eigenvalue weighted by Crippen LogP contribution is 2.28. The van der Waals surface area contributed by atoms with E-state index in [0.717, 1.165) is 25.1 Å². The van der Waals surface area contributed by atoms with E-state index in [-0.39, 0.29) is 10.9 Å². The van der Waals surface area contributed by atoms with E-state index in [2.05, 4.69) is 14.8 Å². The minimum atomic E-state index is -3.49. The van der Waals surface area contributed by atoms with Crippen LogP contribution in [0.2, 0.25) is 0 Å². The summed E-state index contributed by atoms with van der Waals surface area (Å²) >= 11 is 0. The molecule has 0 atom stereocenters.